The maximum atomic E-state index is 13.7. The number of nitrogens with one attached hydrogen (secondary N) is 1. The number of hydrogen-bond donors (Lipinski definition) is 2. The van der Waals surface area contributed by atoms with Gasteiger partial charge in [0.2, 0.25) is 0 Å². The molecule has 0 spiro atoms. The highest BCUT2D eigenvalue weighted by Crippen LogP contribution is 2.34. The summed E-state index contributed by atoms with van der Waals surface area (Å²) in [5, 5.41) is 17.2. The van der Waals surface area contributed by atoms with Crippen molar-refractivity contribution in [3.8, 4) is 39.3 Å². The first-order valence-corrected chi connectivity index (χ1v) is 10.3. The van der Waals surface area contributed by atoms with Crippen molar-refractivity contribution in [3.05, 3.63) is 101 Å². The molecule has 0 unspecified atom stereocenters. The first-order valence-electron chi connectivity index (χ1n) is 10.3. The monoisotopic (exact) mass is 436 g/mol. The molecule has 5 rings (SSSR count). The van der Waals surface area contributed by atoms with Gasteiger partial charge in [0.15, 0.2) is 0 Å². The number of hydrogen-bond acceptors (Lipinski definition) is 5. The van der Waals surface area contributed by atoms with E-state index in [4.69, 9.17) is 9.84 Å². The molecule has 2 N–H and O–H groups in total. The Morgan fingerprint density at radius 1 is 0.879 bits per heavy atom. The number of nitrogens with zero attached hydrogens (tertiary/aromatic N) is 3. The van der Waals surface area contributed by atoms with Gasteiger partial charge in [0.05, 0.1) is 30.1 Å². The zero-order valence-corrected chi connectivity index (χ0v) is 17.8. The normalized spacial score (nSPS) is 11.3. The third-order valence-electron chi connectivity index (χ3n) is 5.49. The topological polar surface area (TPSA) is 92.0 Å². The first-order chi connectivity index (χ1) is 16.2. The Kier molecular flexibility index (Phi) is 5.20. The van der Waals surface area contributed by atoms with Crippen molar-refractivity contribution in [1.29, 1.82) is 0 Å². The maximum absolute atomic E-state index is 13.7. The van der Waals surface area contributed by atoms with Gasteiger partial charge in [-0.15, -0.1) is 0 Å². The lowest BCUT2D eigenvalue weighted by molar-refractivity contribution is 0.321. The Bertz CT molecular complexity index is 1500. The molecule has 2 heterocycles. The van der Waals surface area contributed by atoms with Crippen LogP contribution in [0.5, 0.6) is 5.75 Å². The fourth-order valence-electron chi connectivity index (χ4n) is 3.96. The van der Waals surface area contributed by atoms with Gasteiger partial charge in [-0.25, -0.2) is 0 Å². The standard InChI is InChI=1S/C26H20N4O3/c1-33-20-14-12-18(13-15-20)22-21(16-27-32)28-25-23(17-8-4-2-5-9-17)24(29-30(25)26(22)31)19-10-6-3-7-11-19/h2-16,28,32H,1H3/b27-16+. The molecule has 33 heavy (non-hydrogen) atoms. The average Bonchev–Trinajstić information content (AvgIpc) is 3.25. The second-order valence-corrected chi connectivity index (χ2v) is 7.41. The predicted molar refractivity (Wildman–Crippen MR) is 128 cm³/mol. The van der Waals surface area contributed by atoms with Crippen molar-refractivity contribution in [1.82, 2.24) is 14.6 Å². The van der Waals surface area contributed by atoms with Crippen molar-refractivity contribution in [3.63, 3.8) is 0 Å². The van der Waals surface area contributed by atoms with E-state index in [0.717, 1.165) is 16.7 Å². The van der Waals surface area contributed by atoms with Gasteiger partial charge in [0.1, 0.15) is 17.1 Å². The minimum atomic E-state index is -0.330. The molecule has 7 heteroatoms. The van der Waals surface area contributed by atoms with Gasteiger partial charge in [0.25, 0.3) is 5.56 Å². The molecule has 0 atom stereocenters. The fraction of sp³-hybridized carbons (Fsp3) is 0.0385. The van der Waals surface area contributed by atoms with E-state index in [0.29, 0.717) is 33.9 Å². The summed E-state index contributed by atoms with van der Waals surface area (Å²) < 4.78 is 6.60. The molecule has 3 aromatic carbocycles. The molecule has 0 aliphatic carbocycles. The van der Waals surface area contributed by atoms with Gasteiger partial charge in [-0.2, -0.15) is 9.61 Å². The van der Waals surface area contributed by atoms with Crippen molar-refractivity contribution in [2.45, 2.75) is 0 Å². The third-order valence-corrected chi connectivity index (χ3v) is 5.49. The molecule has 0 saturated heterocycles. The highest BCUT2D eigenvalue weighted by molar-refractivity contribution is 5.94. The Hall–Kier alpha value is -4.65. The summed E-state index contributed by atoms with van der Waals surface area (Å²) >= 11 is 0. The van der Waals surface area contributed by atoms with Gasteiger partial charge in [-0.1, -0.05) is 78.0 Å². The van der Waals surface area contributed by atoms with E-state index in [9.17, 15) is 10.0 Å². The van der Waals surface area contributed by atoms with Crippen molar-refractivity contribution in [2.75, 3.05) is 7.11 Å². The van der Waals surface area contributed by atoms with Gasteiger partial charge >= 0.3 is 0 Å². The largest absolute Gasteiger partial charge is 0.497 e. The van der Waals surface area contributed by atoms with E-state index in [1.165, 1.54) is 10.7 Å². The van der Waals surface area contributed by atoms with Crippen LogP contribution >= 0.6 is 0 Å². The molecule has 5 aromatic rings. The molecule has 162 valence electrons. The van der Waals surface area contributed by atoms with Gasteiger partial charge < -0.3 is 14.9 Å². The number of oxime groups is 1. The van der Waals surface area contributed by atoms with Crippen LogP contribution < -0.4 is 10.3 Å². The summed E-state index contributed by atoms with van der Waals surface area (Å²) in [6.45, 7) is 0. The molecule has 0 radical (unpaired) electrons. The van der Waals surface area contributed by atoms with Crippen molar-refractivity contribution in [2.24, 2.45) is 5.16 Å². The lowest BCUT2D eigenvalue weighted by Gasteiger charge is -2.09. The summed E-state index contributed by atoms with van der Waals surface area (Å²) in [4.78, 5) is 17.0. The van der Waals surface area contributed by atoms with Crippen LogP contribution in [0, 0.1) is 0 Å². The van der Waals surface area contributed by atoms with Gasteiger partial charge in [0, 0.05) is 5.56 Å². The lowest BCUT2D eigenvalue weighted by Crippen LogP contribution is -2.20. The highest BCUT2D eigenvalue weighted by Gasteiger charge is 2.22. The molecule has 0 amide bonds. The Morgan fingerprint density at radius 2 is 1.48 bits per heavy atom. The Balaban J connectivity index is 1.87. The molecule has 0 bridgehead atoms. The zero-order valence-electron chi connectivity index (χ0n) is 17.8. The van der Waals surface area contributed by atoms with E-state index in [-0.39, 0.29) is 5.56 Å². The smallest absolute Gasteiger partial charge is 0.282 e. The number of ether oxygens (including phenoxy) is 1. The molecular formula is C26H20N4O3. The Labute approximate surface area is 189 Å². The van der Waals surface area contributed by atoms with E-state index in [1.54, 1.807) is 31.4 Å². The second-order valence-electron chi connectivity index (χ2n) is 7.41. The number of methoxy groups -OCH3 is 1. The quantitative estimate of drug-likeness (QED) is 0.234. The molecule has 2 aromatic heterocycles. The van der Waals surface area contributed by atoms with Crippen LogP contribution in [0.15, 0.2) is 94.9 Å². The van der Waals surface area contributed by atoms with E-state index < -0.39 is 0 Å². The van der Waals surface area contributed by atoms with E-state index in [2.05, 4.69) is 10.1 Å². The lowest BCUT2D eigenvalue weighted by atomic mass is 10.0. The Morgan fingerprint density at radius 3 is 2.09 bits per heavy atom. The summed E-state index contributed by atoms with van der Waals surface area (Å²) in [6.07, 6.45) is 1.23. The van der Waals surface area contributed by atoms with Gasteiger partial charge in [-0.3, -0.25) is 4.79 Å². The first kappa shape index (κ1) is 20.3. The SMILES string of the molecule is COc1ccc(-c2c(/C=N/O)[nH]c3c(-c4ccccc4)c(-c4ccccc4)nn3c2=O)cc1. The van der Waals surface area contributed by atoms with Gasteiger partial charge in [-0.05, 0) is 23.3 Å². The summed E-state index contributed by atoms with van der Waals surface area (Å²) in [7, 11) is 1.58. The van der Waals surface area contributed by atoms with Crippen LogP contribution in [0.3, 0.4) is 0 Å². The molecule has 0 aliphatic rings. The number of H-pyrrole nitrogens is 1. The molecule has 0 aliphatic heterocycles. The van der Waals surface area contributed by atoms with E-state index in [1.807, 2.05) is 60.7 Å². The fourth-order valence-corrected chi connectivity index (χ4v) is 3.96. The minimum absolute atomic E-state index is 0.330. The summed E-state index contributed by atoms with van der Waals surface area (Å²) in [6, 6.07) is 26.6. The van der Waals surface area contributed by atoms with Crippen LogP contribution in [0.25, 0.3) is 39.2 Å². The summed E-state index contributed by atoms with van der Waals surface area (Å²) in [5.74, 6) is 0.672. The maximum Gasteiger partial charge on any atom is 0.282 e. The average molecular weight is 436 g/mol. The number of fused-ring (bicyclic) bond motifs is 1. The van der Waals surface area contributed by atoms with Crippen LogP contribution in [0.1, 0.15) is 5.69 Å². The molecule has 0 fully saturated rings. The van der Waals surface area contributed by atoms with Crippen LogP contribution in [0.4, 0.5) is 0 Å². The van der Waals surface area contributed by atoms with Crippen molar-refractivity contribution >= 4 is 11.9 Å². The second kappa shape index (κ2) is 8.47. The highest BCUT2D eigenvalue weighted by atomic mass is 16.5. The summed E-state index contributed by atoms with van der Waals surface area (Å²) in [5.41, 5.74) is 4.79. The number of rotatable bonds is 5. The van der Waals surface area contributed by atoms with E-state index >= 15 is 0 Å². The van der Waals surface area contributed by atoms with Crippen LogP contribution in [-0.4, -0.2) is 33.1 Å². The molecule has 0 saturated carbocycles. The zero-order chi connectivity index (χ0) is 22.8. The minimum Gasteiger partial charge on any atom is -0.497 e. The van der Waals surface area contributed by atoms with Crippen LogP contribution in [0.2, 0.25) is 0 Å². The number of aromatic nitrogens is 3. The number of aromatic amines is 1. The third kappa shape index (κ3) is 3.55. The molecule has 7 nitrogen and oxygen atoms in total. The van der Waals surface area contributed by atoms with Crippen molar-refractivity contribution < 1.29 is 9.94 Å². The van der Waals surface area contributed by atoms with Crippen LogP contribution in [-0.2, 0) is 0 Å². The number of benzene rings is 3. The molecular weight excluding hydrogens is 416 g/mol. The predicted octanol–water partition coefficient (Wildman–Crippen LogP) is 4.84.